The molecule has 1 aromatic carbocycles. The summed E-state index contributed by atoms with van der Waals surface area (Å²) >= 11 is 1.70. The fourth-order valence-electron chi connectivity index (χ4n) is 3.02. The quantitative estimate of drug-likeness (QED) is 0.804. The van der Waals surface area contributed by atoms with E-state index in [0.29, 0.717) is 6.54 Å². The molecule has 0 spiro atoms. The van der Waals surface area contributed by atoms with Crippen molar-refractivity contribution in [2.75, 3.05) is 50.9 Å². The van der Waals surface area contributed by atoms with Gasteiger partial charge in [0.15, 0.2) is 0 Å². The second kappa shape index (κ2) is 6.93. The molecule has 0 radical (unpaired) electrons. The fourth-order valence-corrected chi connectivity index (χ4v) is 4.97. The van der Waals surface area contributed by atoms with Gasteiger partial charge in [0.05, 0.1) is 17.1 Å². The van der Waals surface area contributed by atoms with E-state index in [9.17, 15) is 13.2 Å². The number of benzene rings is 1. The lowest BCUT2D eigenvalue weighted by molar-refractivity contribution is -0.128. The van der Waals surface area contributed by atoms with Crippen molar-refractivity contribution in [3.05, 3.63) is 18.2 Å². The number of anilines is 1. The van der Waals surface area contributed by atoms with Gasteiger partial charge in [-0.3, -0.25) is 4.79 Å². The zero-order valence-electron chi connectivity index (χ0n) is 14.1. The van der Waals surface area contributed by atoms with Crippen LogP contribution in [0.15, 0.2) is 28.0 Å². The van der Waals surface area contributed by atoms with E-state index in [0.717, 1.165) is 48.8 Å². The maximum atomic E-state index is 12.5. The maximum absolute atomic E-state index is 12.5. The number of sulfonamides is 1. The molecule has 3 rings (SSSR count). The third kappa shape index (κ3) is 3.41. The number of amides is 1. The smallest absolute Gasteiger partial charge is 0.242 e. The van der Waals surface area contributed by atoms with Crippen LogP contribution in [0, 0.1) is 0 Å². The van der Waals surface area contributed by atoms with Crippen LogP contribution < -0.4 is 4.90 Å². The molecule has 2 heterocycles. The number of likely N-dealkylation sites (tertiary alicyclic amines) is 1. The SMILES string of the molecule is CN(C)S(=O)(=O)c1ccc2c(c1)N(CC(=O)N1CCCC1)CCS2. The summed E-state index contributed by atoms with van der Waals surface area (Å²) in [6.07, 6.45) is 2.15. The first-order chi connectivity index (χ1) is 11.4. The summed E-state index contributed by atoms with van der Waals surface area (Å²) in [5.74, 6) is 1.03. The molecule has 2 aliphatic heterocycles. The molecule has 132 valence electrons. The van der Waals surface area contributed by atoms with Gasteiger partial charge in [-0.1, -0.05) is 0 Å². The monoisotopic (exact) mass is 369 g/mol. The maximum Gasteiger partial charge on any atom is 0.242 e. The Hall–Kier alpha value is -1.25. The summed E-state index contributed by atoms with van der Waals surface area (Å²) in [6.45, 7) is 2.74. The molecule has 2 aliphatic rings. The molecule has 1 fully saturated rings. The summed E-state index contributed by atoms with van der Waals surface area (Å²) in [7, 11) is -0.424. The molecule has 6 nitrogen and oxygen atoms in total. The second-order valence-corrected chi connectivity index (χ2v) is 9.56. The zero-order chi connectivity index (χ0) is 17.3. The Bertz CT molecular complexity index is 728. The van der Waals surface area contributed by atoms with Crippen molar-refractivity contribution in [2.24, 2.45) is 0 Å². The van der Waals surface area contributed by atoms with Gasteiger partial charge in [0.25, 0.3) is 0 Å². The number of rotatable bonds is 4. The minimum atomic E-state index is -3.48. The lowest BCUT2D eigenvalue weighted by Crippen LogP contribution is -2.41. The van der Waals surface area contributed by atoms with Crippen LogP contribution in [0.4, 0.5) is 5.69 Å². The first-order valence-electron chi connectivity index (χ1n) is 8.12. The number of fused-ring (bicyclic) bond motifs is 1. The highest BCUT2D eigenvalue weighted by molar-refractivity contribution is 7.99. The predicted molar refractivity (Wildman–Crippen MR) is 96.1 cm³/mol. The first-order valence-corrected chi connectivity index (χ1v) is 10.5. The molecule has 0 saturated carbocycles. The van der Waals surface area contributed by atoms with Crippen molar-refractivity contribution >= 4 is 33.4 Å². The van der Waals surface area contributed by atoms with Gasteiger partial charge in [0.2, 0.25) is 15.9 Å². The van der Waals surface area contributed by atoms with E-state index in [1.54, 1.807) is 23.9 Å². The molecule has 1 amide bonds. The van der Waals surface area contributed by atoms with Crippen molar-refractivity contribution in [2.45, 2.75) is 22.6 Å². The Morgan fingerprint density at radius 1 is 1.21 bits per heavy atom. The van der Waals surface area contributed by atoms with Crippen LogP contribution in [-0.2, 0) is 14.8 Å². The predicted octanol–water partition coefficient (Wildman–Crippen LogP) is 1.47. The number of carbonyl (C=O) groups is 1. The molecule has 0 N–H and O–H groups in total. The second-order valence-electron chi connectivity index (χ2n) is 6.27. The van der Waals surface area contributed by atoms with E-state index in [1.165, 1.54) is 18.4 Å². The van der Waals surface area contributed by atoms with Crippen molar-refractivity contribution in [1.29, 1.82) is 0 Å². The van der Waals surface area contributed by atoms with Crippen molar-refractivity contribution in [1.82, 2.24) is 9.21 Å². The highest BCUT2D eigenvalue weighted by atomic mass is 32.2. The standard InChI is InChI=1S/C16H23N3O3S2/c1-17(2)24(21,22)13-5-6-15-14(11-13)19(9-10-23-15)12-16(20)18-7-3-4-8-18/h5-6,11H,3-4,7-10,12H2,1-2H3. The molecule has 1 aromatic rings. The van der Waals surface area contributed by atoms with Gasteiger partial charge in [0.1, 0.15) is 0 Å². The van der Waals surface area contributed by atoms with Gasteiger partial charge < -0.3 is 9.80 Å². The number of hydrogen-bond acceptors (Lipinski definition) is 5. The molecule has 0 unspecified atom stereocenters. The Kier molecular flexibility index (Phi) is 5.08. The largest absolute Gasteiger partial charge is 0.360 e. The lowest BCUT2D eigenvalue weighted by atomic mass is 10.2. The summed E-state index contributed by atoms with van der Waals surface area (Å²) in [5, 5.41) is 0. The highest BCUT2D eigenvalue weighted by Crippen LogP contribution is 2.36. The molecule has 24 heavy (non-hydrogen) atoms. The van der Waals surface area contributed by atoms with Crippen molar-refractivity contribution in [3.63, 3.8) is 0 Å². The third-order valence-electron chi connectivity index (χ3n) is 4.45. The van der Waals surface area contributed by atoms with E-state index in [-0.39, 0.29) is 10.8 Å². The first kappa shape index (κ1) is 17.6. The van der Waals surface area contributed by atoms with E-state index in [1.807, 2.05) is 15.9 Å². The molecular formula is C16H23N3O3S2. The summed E-state index contributed by atoms with van der Waals surface area (Å²) < 4.78 is 26.0. The molecule has 0 aliphatic carbocycles. The zero-order valence-corrected chi connectivity index (χ0v) is 15.7. The van der Waals surface area contributed by atoms with Gasteiger partial charge in [-0.2, -0.15) is 0 Å². The van der Waals surface area contributed by atoms with E-state index in [2.05, 4.69) is 0 Å². The number of carbonyl (C=O) groups excluding carboxylic acids is 1. The minimum absolute atomic E-state index is 0.131. The normalized spacial score (nSPS) is 18.1. The van der Waals surface area contributed by atoms with E-state index < -0.39 is 10.0 Å². The van der Waals surface area contributed by atoms with Crippen molar-refractivity contribution in [3.8, 4) is 0 Å². The number of thioether (sulfide) groups is 1. The summed E-state index contributed by atoms with van der Waals surface area (Å²) in [4.78, 5) is 17.7. The van der Waals surface area contributed by atoms with Crippen LogP contribution in [0.1, 0.15) is 12.8 Å². The average molecular weight is 370 g/mol. The molecule has 0 aromatic heterocycles. The van der Waals surface area contributed by atoms with Crippen LogP contribution in [-0.4, -0.2) is 69.6 Å². The van der Waals surface area contributed by atoms with Crippen LogP contribution in [0.3, 0.4) is 0 Å². The summed E-state index contributed by atoms with van der Waals surface area (Å²) in [6, 6.07) is 5.20. The molecule has 8 heteroatoms. The number of nitrogens with zero attached hydrogens (tertiary/aromatic N) is 3. The average Bonchev–Trinajstić information content (AvgIpc) is 3.09. The molecular weight excluding hydrogens is 346 g/mol. The molecule has 1 saturated heterocycles. The van der Waals surface area contributed by atoms with Gasteiger partial charge in [-0.05, 0) is 31.0 Å². The van der Waals surface area contributed by atoms with Gasteiger partial charge in [-0.25, -0.2) is 12.7 Å². The van der Waals surface area contributed by atoms with E-state index in [4.69, 9.17) is 0 Å². The van der Waals surface area contributed by atoms with Gasteiger partial charge >= 0.3 is 0 Å². The van der Waals surface area contributed by atoms with Crippen LogP contribution in [0.2, 0.25) is 0 Å². The number of hydrogen-bond donors (Lipinski definition) is 0. The Morgan fingerprint density at radius 2 is 1.92 bits per heavy atom. The highest BCUT2D eigenvalue weighted by Gasteiger charge is 2.26. The Morgan fingerprint density at radius 3 is 2.58 bits per heavy atom. The van der Waals surface area contributed by atoms with Crippen LogP contribution in [0.25, 0.3) is 0 Å². The Balaban J connectivity index is 1.87. The third-order valence-corrected chi connectivity index (χ3v) is 7.31. The van der Waals surface area contributed by atoms with Crippen molar-refractivity contribution < 1.29 is 13.2 Å². The Labute approximate surface area is 147 Å². The minimum Gasteiger partial charge on any atom is -0.360 e. The van der Waals surface area contributed by atoms with Crippen LogP contribution in [0.5, 0.6) is 0 Å². The summed E-state index contributed by atoms with van der Waals surface area (Å²) in [5.41, 5.74) is 0.849. The van der Waals surface area contributed by atoms with Gasteiger partial charge in [0, 0.05) is 44.4 Å². The molecule has 0 bridgehead atoms. The van der Waals surface area contributed by atoms with E-state index >= 15 is 0 Å². The van der Waals surface area contributed by atoms with Gasteiger partial charge in [-0.15, -0.1) is 11.8 Å². The lowest BCUT2D eigenvalue weighted by Gasteiger charge is -2.32. The van der Waals surface area contributed by atoms with Crippen LogP contribution >= 0.6 is 11.8 Å². The topological polar surface area (TPSA) is 60.9 Å². The fraction of sp³-hybridized carbons (Fsp3) is 0.562. The molecule has 0 atom stereocenters.